The number of benzene rings is 2. The molecule has 0 fully saturated rings. The number of hydrogen-bond acceptors (Lipinski definition) is 4. The van der Waals surface area contributed by atoms with E-state index in [1.807, 2.05) is 0 Å². The van der Waals surface area contributed by atoms with Crippen molar-refractivity contribution in [2.45, 2.75) is 19.3 Å². The summed E-state index contributed by atoms with van der Waals surface area (Å²) >= 11 is 7.44. The lowest BCUT2D eigenvalue weighted by Crippen LogP contribution is -2.26. The van der Waals surface area contributed by atoms with E-state index in [9.17, 15) is 22.8 Å². The number of pyridine rings is 1. The van der Waals surface area contributed by atoms with Gasteiger partial charge in [0.2, 0.25) is 0 Å². The van der Waals surface area contributed by atoms with Crippen molar-refractivity contribution in [2.75, 3.05) is 7.05 Å². The molecule has 4 aromatic rings. The molecular weight excluding hydrogens is 499 g/mol. The maximum Gasteiger partial charge on any atom is 0.416 e. The molecule has 35 heavy (non-hydrogen) atoms. The number of carbonyl (C=O) groups is 2. The zero-order chi connectivity index (χ0) is 25.2. The molecule has 180 valence electrons. The predicted octanol–water partition coefficient (Wildman–Crippen LogP) is 6.17. The number of rotatable bonds is 6. The minimum atomic E-state index is -4.51. The molecule has 0 saturated carbocycles. The molecule has 0 aliphatic rings. The number of nitrogens with one attached hydrogen (secondary N) is 1. The van der Waals surface area contributed by atoms with E-state index in [-0.39, 0.29) is 30.1 Å². The number of carbonyl (C=O) groups excluding carboxylic acids is 2. The van der Waals surface area contributed by atoms with Crippen LogP contribution < -0.4 is 5.32 Å². The largest absolute Gasteiger partial charge is 0.416 e. The van der Waals surface area contributed by atoms with Crippen molar-refractivity contribution in [1.29, 1.82) is 0 Å². The number of hydrogen-bond donors (Lipinski definition) is 1. The van der Waals surface area contributed by atoms with Gasteiger partial charge >= 0.3 is 6.18 Å². The number of aromatic nitrogens is 1. The van der Waals surface area contributed by atoms with Crippen molar-refractivity contribution in [3.8, 4) is 0 Å². The second kappa shape index (κ2) is 10.1. The molecule has 5 nitrogen and oxygen atoms in total. The zero-order valence-electron chi connectivity index (χ0n) is 18.4. The van der Waals surface area contributed by atoms with E-state index in [2.05, 4.69) is 10.3 Å². The highest BCUT2D eigenvalue weighted by Gasteiger charge is 2.32. The minimum absolute atomic E-state index is 0.0199. The van der Waals surface area contributed by atoms with E-state index in [0.29, 0.717) is 15.5 Å². The molecule has 0 bridgehead atoms. The van der Waals surface area contributed by atoms with Crippen LogP contribution in [0.5, 0.6) is 0 Å². The van der Waals surface area contributed by atoms with Crippen molar-refractivity contribution in [2.24, 2.45) is 0 Å². The molecule has 1 N–H and O–H groups in total. The predicted molar refractivity (Wildman–Crippen MR) is 129 cm³/mol. The summed E-state index contributed by atoms with van der Waals surface area (Å²) in [7, 11) is 1.65. The average Bonchev–Trinajstić information content (AvgIpc) is 3.27. The Bertz CT molecular complexity index is 1400. The van der Waals surface area contributed by atoms with E-state index >= 15 is 0 Å². The Morgan fingerprint density at radius 2 is 1.86 bits per heavy atom. The van der Waals surface area contributed by atoms with Crippen LogP contribution >= 0.6 is 22.9 Å². The molecule has 2 heterocycles. The second-order valence-corrected chi connectivity index (χ2v) is 9.33. The zero-order valence-corrected chi connectivity index (χ0v) is 20.0. The summed E-state index contributed by atoms with van der Waals surface area (Å²) in [6, 6.07) is 13.4. The highest BCUT2D eigenvalue weighted by molar-refractivity contribution is 7.20. The van der Waals surface area contributed by atoms with Gasteiger partial charge in [0.25, 0.3) is 11.8 Å². The SMILES string of the molecule is CN(Cc1cccc(C(=O)NCc2ccccc2C(F)(F)F)c1)C(=O)c1cc2c(Cl)cncc2s1. The summed E-state index contributed by atoms with van der Waals surface area (Å²) in [5.41, 5.74) is 0.179. The molecule has 0 aliphatic carbocycles. The summed E-state index contributed by atoms with van der Waals surface area (Å²) in [5.74, 6) is -0.717. The van der Waals surface area contributed by atoms with Gasteiger partial charge in [0.15, 0.2) is 0 Å². The van der Waals surface area contributed by atoms with Crippen LogP contribution in [0.4, 0.5) is 13.2 Å². The number of nitrogens with zero attached hydrogens (tertiary/aromatic N) is 2. The molecule has 2 aromatic carbocycles. The highest BCUT2D eigenvalue weighted by atomic mass is 35.5. The van der Waals surface area contributed by atoms with Gasteiger partial charge in [0, 0.05) is 43.5 Å². The van der Waals surface area contributed by atoms with Crippen molar-refractivity contribution >= 4 is 44.8 Å². The molecule has 0 radical (unpaired) electrons. The van der Waals surface area contributed by atoms with Gasteiger partial charge in [-0.3, -0.25) is 14.6 Å². The molecule has 0 unspecified atom stereocenters. The van der Waals surface area contributed by atoms with Gasteiger partial charge in [-0.2, -0.15) is 13.2 Å². The maximum absolute atomic E-state index is 13.2. The van der Waals surface area contributed by atoms with E-state index in [4.69, 9.17) is 11.6 Å². The van der Waals surface area contributed by atoms with Crippen LogP contribution in [0.3, 0.4) is 0 Å². The van der Waals surface area contributed by atoms with Crippen molar-refractivity contribution in [3.63, 3.8) is 0 Å². The van der Waals surface area contributed by atoms with E-state index < -0.39 is 17.6 Å². The molecule has 0 saturated heterocycles. The molecule has 2 amide bonds. The van der Waals surface area contributed by atoms with E-state index in [1.54, 1.807) is 43.6 Å². The van der Waals surface area contributed by atoms with Crippen LogP contribution in [0.25, 0.3) is 10.1 Å². The lowest BCUT2D eigenvalue weighted by molar-refractivity contribution is -0.138. The quantitative estimate of drug-likeness (QED) is 0.332. The Kier molecular flexibility index (Phi) is 7.09. The minimum Gasteiger partial charge on any atom is -0.348 e. The fourth-order valence-electron chi connectivity index (χ4n) is 3.61. The molecule has 4 rings (SSSR count). The fourth-order valence-corrected chi connectivity index (χ4v) is 4.92. The Morgan fingerprint density at radius 1 is 1.09 bits per heavy atom. The van der Waals surface area contributed by atoms with Gasteiger partial charge in [-0.1, -0.05) is 41.9 Å². The van der Waals surface area contributed by atoms with Crippen LogP contribution in [0.15, 0.2) is 67.0 Å². The summed E-state index contributed by atoms with van der Waals surface area (Å²) in [6.07, 6.45) is -1.33. The maximum atomic E-state index is 13.2. The number of halogens is 4. The lowest BCUT2D eigenvalue weighted by atomic mass is 10.1. The third-order valence-electron chi connectivity index (χ3n) is 5.33. The Hall–Kier alpha value is -3.43. The highest BCUT2D eigenvalue weighted by Crippen LogP contribution is 2.32. The molecule has 0 aliphatic heterocycles. The smallest absolute Gasteiger partial charge is 0.348 e. The monoisotopic (exact) mass is 517 g/mol. The Labute approximate surface area is 208 Å². The topological polar surface area (TPSA) is 62.3 Å². The van der Waals surface area contributed by atoms with Gasteiger partial charge < -0.3 is 10.2 Å². The first-order valence-electron chi connectivity index (χ1n) is 10.4. The van der Waals surface area contributed by atoms with Crippen LogP contribution in [-0.2, 0) is 19.3 Å². The van der Waals surface area contributed by atoms with Crippen LogP contribution in [-0.4, -0.2) is 28.7 Å². The molecular formula is C25H19ClF3N3O2S. The summed E-state index contributed by atoms with van der Waals surface area (Å²) in [4.78, 5) is 31.6. The summed E-state index contributed by atoms with van der Waals surface area (Å²) in [6.45, 7) is -0.0302. The van der Waals surface area contributed by atoms with Gasteiger partial charge in [-0.15, -0.1) is 11.3 Å². The Morgan fingerprint density at radius 3 is 2.60 bits per heavy atom. The second-order valence-electron chi connectivity index (χ2n) is 7.84. The van der Waals surface area contributed by atoms with Gasteiger partial charge in [0.05, 0.1) is 20.2 Å². The fraction of sp³-hybridized carbons (Fsp3) is 0.160. The number of amides is 2. The van der Waals surface area contributed by atoms with E-state index in [0.717, 1.165) is 16.2 Å². The molecule has 10 heteroatoms. The van der Waals surface area contributed by atoms with Crippen LogP contribution in [0.1, 0.15) is 36.7 Å². The van der Waals surface area contributed by atoms with Gasteiger partial charge in [-0.25, -0.2) is 0 Å². The third kappa shape index (κ3) is 5.63. The van der Waals surface area contributed by atoms with Crippen LogP contribution in [0.2, 0.25) is 5.02 Å². The number of fused-ring (bicyclic) bond motifs is 1. The van der Waals surface area contributed by atoms with E-state index in [1.165, 1.54) is 40.6 Å². The standard InChI is InChI=1S/C25H19ClF3N3O2S/c1-32(24(34)21-10-18-20(26)12-30-13-22(18)35-21)14-15-5-4-7-16(9-15)23(33)31-11-17-6-2-3-8-19(17)25(27,28)29/h2-10,12-13H,11,14H2,1H3,(H,31,33). The van der Waals surface area contributed by atoms with Gasteiger partial charge in [-0.05, 0) is 35.4 Å². The lowest BCUT2D eigenvalue weighted by Gasteiger charge is -2.17. The normalized spacial score (nSPS) is 11.5. The summed E-state index contributed by atoms with van der Waals surface area (Å²) < 4.78 is 40.4. The molecule has 0 spiro atoms. The number of alkyl halides is 3. The Balaban J connectivity index is 1.43. The van der Waals surface area contributed by atoms with Crippen molar-refractivity contribution in [1.82, 2.24) is 15.2 Å². The average molecular weight is 518 g/mol. The van der Waals surface area contributed by atoms with Crippen molar-refractivity contribution < 1.29 is 22.8 Å². The first kappa shape index (κ1) is 24.7. The van der Waals surface area contributed by atoms with Crippen LogP contribution in [0, 0.1) is 0 Å². The molecule has 0 atom stereocenters. The third-order valence-corrected chi connectivity index (χ3v) is 6.69. The van der Waals surface area contributed by atoms with Crippen molar-refractivity contribution in [3.05, 3.63) is 99.1 Å². The first-order chi connectivity index (χ1) is 16.6. The van der Waals surface area contributed by atoms with Gasteiger partial charge in [0.1, 0.15) is 0 Å². The first-order valence-corrected chi connectivity index (χ1v) is 11.6. The molecule has 2 aromatic heterocycles. The summed E-state index contributed by atoms with van der Waals surface area (Å²) in [5, 5.41) is 3.77. The number of thiophene rings is 1.